The highest BCUT2D eigenvalue weighted by atomic mass is 16.5. The fourth-order valence-corrected chi connectivity index (χ4v) is 2.13. The molecule has 2 aromatic heterocycles. The van der Waals surface area contributed by atoms with Crippen LogP contribution >= 0.6 is 0 Å². The average molecular weight is 281 g/mol. The van der Waals surface area contributed by atoms with Gasteiger partial charge in [-0.3, -0.25) is 4.68 Å². The van der Waals surface area contributed by atoms with Crippen molar-refractivity contribution in [2.45, 2.75) is 19.6 Å². The van der Waals surface area contributed by atoms with Gasteiger partial charge in [-0.25, -0.2) is 9.78 Å². The van der Waals surface area contributed by atoms with E-state index in [4.69, 9.17) is 4.74 Å². The van der Waals surface area contributed by atoms with Crippen LogP contribution < -0.4 is 0 Å². The first kappa shape index (κ1) is 13.3. The summed E-state index contributed by atoms with van der Waals surface area (Å²) in [5.74, 6) is -0.416. The molecule has 0 spiro atoms. The molecule has 0 aliphatic heterocycles. The standard InChI is InChI=1S/C16H15N3O2/c1-12(11-19-10-4-9-17-19)21-16(20)15-8-7-13-5-2-3-6-14(13)18-15/h2-10,12H,11H2,1H3/t12-/m0/s1. The Morgan fingerprint density at radius 2 is 2.10 bits per heavy atom. The smallest absolute Gasteiger partial charge is 0.357 e. The minimum Gasteiger partial charge on any atom is -0.456 e. The fraction of sp³-hybridized carbons (Fsp3) is 0.188. The van der Waals surface area contributed by atoms with Gasteiger partial charge in [0.05, 0.1) is 12.1 Å². The van der Waals surface area contributed by atoms with Crippen LogP contribution in [0.25, 0.3) is 10.9 Å². The third-order valence-electron chi connectivity index (χ3n) is 3.12. The van der Waals surface area contributed by atoms with Gasteiger partial charge in [0.2, 0.25) is 0 Å². The number of hydrogen-bond donors (Lipinski definition) is 0. The van der Waals surface area contributed by atoms with E-state index in [1.54, 1.807) is 16.9 Å². The molecule has 0 saturated carbocycles. The molecule has 0 radical (unpaired) electrons. The van der Waals surface area contributed by atoms with Crippen molar-refractivity contribution >= 4 is 16.9 Å². The van der Waals surface area contributed by atoms with Crippen molar-refractivity contribution in [3.63, 3.8) is 0 Å². The maximum absolute atomic E-state index is 12.1. The zero-order valence-corrected chi connectivity index (χ0v) is 11.6. The number of aromatic nitrogens is 3. The van der Waals surface area contributed by atoms with Gasteiger partial charge in [-0.05, 0) is 25.1 Å². The Balaban J connectivity index is 1.71. The van der Waals surface area contributed by atoms with Crippen LogP contribution in [0.15, 0.2) is 54.9 Å². The van der Waals surface area contributed by atoms with Crippen molar-refractivity contribution < 1.29 is 9.53 Å². The van der Waals surface area contributed by atoms with Gasteiger partial charge in [-0.1, -0.05) is 24.3 Å². The van der Waals surface area contributed by atoms with Crippen LogP contribution in [0.1, 0.15) is 17.4 Å². The van der Waals surface area contributed by atoms with Gasteiger partial charge in [0.25, 0.3) is 0 Å². The summed E-state index contributed by atoms with van der Waals surface area (Å²) in [6, 6.07) is 13.1. The van der Waals surface area contributed by atoms with E-state index in [1.807, 2.05) is 49.5 Å². The predicted molar refractivity (Wildman–Crippen MR) is 78.8 cm³/mol. The second-order valence-electron chi connectivity index (χ2n) is 4.83. The van der Waals surface area contributed by atoms with Crippen molar-refractivity contribution in [3.8, 4) is 0 Å². The first-order chi connectivity index (χ1) is 10.2. The number of benzene rings is 1. The van der Waals surface area contributed by atoms with Crippen LogP contribution in [-0.2, 0) is 11.3 Å². The molecule has 0 aliphatic carbocycles. The molecule has 21 heavy (non-hydrogen) atoms. The Labute approximate surface area is 122 Å². The van der Waals surface area contributed by atoms with E-state index in [1.165, 1.54) is 0 Å². The summed E-state index contributed by atoms with van der Waals surface area (Å²) in [5, 5.41) is 5.09. The molecule has 3 aromatic rings. The minimum absolute atomic E-state index is 0.273. The molecule has 0 amide bonds. The summed E-state index contributed by atoms with van der Waals surface area (Å²) in [7, 11) is 0. The number of ether oxygens (including phenoxy) is 1. The van der Waals surface area contributed by atoms with Gasteiger partial charge in [0.15, 0.2) is 0 Å². The lowest BCUT2D eigenvalue weighted by atomic mass is 10.2. The van der Waals surface area contributed by atoms with Crippen LogP contribution in [-0.4, -0.2) is 26.8 Å². The van der Waals surface area contributed by atoms with Crippen LogP contribution in [0, 0.1) is 0 Å². The molecule has 0 fully saturated rings. The second kappa shape index (κ2) is 5.75. The number of hydrogen-bond acceptors (Lipinski definition) is 4. The van der Waals surface area contributed by atoms with E-state index in [0.717, 1.165) is 10.9 Å². The summed E-state index contributed by atoms with van der Waals surface area (Å²) in [4.78, 5) is 16.4. The maximum atomic E-state index is 12.1. The average Bonchev–Trinajstić information content (AvgIpc) is 2.99. The SMILES string of the molecule is C[C@@H](Cn1cccn1)OC(=O)c1ccc2ccccc2n1. The van der Waals surface area contributed by atoms with E-state index < -0.39 is 5.97 Å². The highest BCUT2D eigenvalue weighted by molar-refractivity contribution is 5.91. The van der Waals surface area contributed by atoms with Gasteiger partial charge in [-0.15, -0.1) is 0 Å². The largest absolute Gasteiger partial charge is 0.456 e. The van der Waals surface area contributed by atoms with E-state index in [2.05, 4.69) is 10.1 Å². The molecule has 0 N–H and O–H groups in total. The number of fused-ring (bicyclic) bond motifs is 1. The lowest BCUT2D eigenvalue weighted by Crippen LogP contribution is -2.21. The van der Waals surface area contributed by atoms with E-state index in [9.17, 15) is 4.79 Å². The summed E-state index contributed by atoms with van der Waals surface area (Å²) >= 11 is 0. The lowest BCUT2D eigenvalue weighted by Gasteiger charge is -2.13. The molecule has 2 heterocycles. The van der Waals surface area contributed by atoms with Crippen LogP contribution in [0.3, 0.4) is 0 Å². The van der Waals surface area contributed by atoms with E-state index in [-0.39, 0.29) is 6.10 Å². The molecule has 0 unspecified atom stereocenters. The first-order valence-corrected chi connectivity index (χ1v) is 6.76. The van der Waals surface area contributed by atoms with Crippen LogP contribution in [0.5, 0.6) is 0 Å². The molecule has 3 rings (SSSR count). The summed E-state index contributed by atoms with van der Waals surface area (Å²) in [5.41, 5.74) is 1.10. The highest BCUT2D eigenvalue weighted by Crippen LogP contribution is 2.13. The minimum atomic E-state index is -0.416. The predicted octanol–water partition coefficient (Wildman–Crippen LogP) is 2.68. The number of para-hydroxylation sites is 1. The lowest BCUT2D eigenvalue weighted by molar-refractivity contribution is 0.0292. The molecule has 0 aliphatic rings. The van der Waals surface area contributed by atoms with Gasteiger partial charge >= 0.3 is 5.97 Å². The van der Waals surface area contributed by atoms with Gasteiger partial charge < -0.3 is 4.74 Å². The summed E-state index contributed by atoms with van der Waals surface area (Å²) < 4.78 is 7.12. The third kappa shape index (κ3) is 3.08. The summed E-state index contributed by atoms with van der Waals surface area (Å²) in [6.45, 7) is 2.35. The van der Waals surface area contributed by atoms with Gasteiger partial charge in [0, 0.05) is 17.8 Å². The Morgan fingerprint density at radius 3 is 2.90 bits per heavy atom. The molecular formula is C16H15N3O2. The number of carbonyl (C=O) groups excluding carboxylic acids is 1. The molecule has 1 aromatic carbocycles. The molecule has 0 bridgehead atoms. The number of esters is 1. The van der Waals surface area contributed by atoms with Crippen molar-refractivity contribution in [1.82, 2.24) is 14.8 Å². The zero-order valence-electron chi connectivity index (χ0n) is 11.6. The number of pyridine rings is 1. The monoisotopic (exact) mass is 281 g/mol. The Hall–Kier alpha value is -2.69. The third-order valence-corrected chi connectivity index (χ3v) is 3.12. The molecule has 0 saturated heterocycles. The van der Waals surface area contributed by atoms with E-state index in [0.29, 0.717) is 12.2 Å². The first-order valence-electron chi connectivity index (χ1n) is 6.76. The van der Waals surface area contributed by atoms with Crippen molar-refractivity contribution in [1.29, 1.82) is 0 Å². The van der Waals surface area contributed by atoms with Crippen LogP contribution in [0.4, 0.5) is 0 Å². The normalized spacial score (nSPS) is 12.2. The van der Waals surface area contributed by atoms with Crippen molar-refractivity contribution in [2.75, 3.05) is 0 Å². The second-order valence-corrected chi connectivity index (χ2v) is 4.83. The van der Waals surface area contributed by atoms with Crippen molar-refractivity contribution in [2.24, 2.45) is 0 Å². The van der Waals surface area contributed by atoms with Gasteiger partial charge in [0.1, 0.15) is 11.8 Å². The fourth-order valence-electron chi connectivity index (χ4n) is 2.13. The highest BCUT2D eigenvalue weighted by Gasteiger charge is 2.14. The van der Waals surface area contributed by atoms with Gasteiger partial charge in [-0.2, -0.15) is 5.10 Å². The number of nitrogens with zero attached hydrogens (tertiary/aromatic N) is 3. The molecule has 106 valence electrons. The Bertz CT molecular complexity index is 753. The Morgan fingerprint density at radius 1 is 1.24 bits per heavy atom. The molecular weight excluding hydrogens is 266 g/mol. The summed E-state index contributed by atoms with van der Waals surface area (Å²) in [6.07, 6.45) is 3.25. The van der Waals surface area contributed by atoms with Crippen LogP contribution in [0.2, 0.25) is 0 Å². The number of rotatable bonds is 4. The molecule has 1 atom stereocenters. The topological polar surface area (TPSA) is 57.0 Å². The zero-order chi connectivity index (χ0) is 14.7. The maximum Gasteiger partial charge on any atom is 0.357 e. The molecule has 5 nitrogen and oxygen atoms in total. The quantitative estimate of drug-likeness (QED) is 0.690. The number of carbonyl (C=O) groups is 1. The van der Waals surface area contributed by atoms with Crippen molar-refractivity contribution in [3.05, 3.63) is 60.6 Å². The van der Waals surface area contributed by atoms with E-state index >= 15 is 0 Å². The Kier molecular flexibility index (Phi) is 3.64. The molecule has 5 heteroatoms.